The molecule has 1 aromatic carbocycles. The topological polar surface area (TPSA) is 44.5 Å². The van der Waals surface area contributed by atoms with E-state index in [1.165, 1.54) is 4.90 Å². The van der Waals surface area contributed by atoms with Crippen molar-refractivity contribution in [1.29, 1.82) is 0 Å². The Balaban J connectivity index is 2.04. The van der Waals surface area contributed by atoms with Crippen LogP contribution in [-0.4, -0.2) is 25.6 Å². The van der Waals surface area contributed by atoms with E-state index in [-0.39, 0.29) is 0 Å². The summed E-state index contributed by atoms with van der Waals surface area (Å²) < 4.78 is 10.6. The molecular formula is C12H17NO2S. The number of anilines is 1. The van der Waals surface area contributed by atoms with Crippen molar-refractivity contribution >= 4 is 17.4 Å². The van der Waals surface area contributed by atoms with Gasteiger partial charge in [-0.15, -0.1) is 11.8 Å². The van der Waals surface area contributed by atoms with Gasteiger partial charge in [0.15, 0.2) is 0 Å². The lowest BCUT2D eigenvalue weighted by Gasteiger charge is -2.21. The number of nitrogens with two attached hydrogens (primary N) is 1. The number of methoxy groups -OCH3 is 1. The van der Waals surface area contributed by atoms with Crippen LogP contribution in [0.15, 0.2) is 23.1 Å². The molecule has 1 aromatic rings. The van der Waals surface area contributed by atoms with Gasteiger partial charge in [-0.05, 0) is 25.0 Å². The third kappa shape index (κ3) is 3.06. The molecule has 0 aromatic heterocycles. The second-order valence-corrected chi connectivity index (χ2v) is 5.25. The highest BCUT2D eigenvalue weighted by atomic mass is 32.2. The summed E-state index contributed by atoms with van der Waals surface area (Å²) in [6, 6.07) is 5.88. The number of hydrogen-bond acceptors (Lipinski definition) is 4. The fourth-order valence-corrected chi connectivity index (χ4v) is 2.97. The van der Waals surface area contributed by atoms with Crippen LogP contribution in [-0.2, 0) is 4.74 Å². The van der Waals surface area contributed by atoms with Crippen LogP contribution < -0.4 is 10.5 Å². The lowest BCUT2D eigenvalue weighted by Crippen LogP contribution is -2.17. The Hall–Kier alpha value is -0.870. The van der Waals surface area contributed by atoms with Gasteiger partial charge in [-0.2, -0.15) is 0 Å². The Bertz CT molecular complexity index is 351. The molecule has 0 spiro atoms. The van der Waals surface area contributed by atoms with Crippen LogP contribution in [0.3, 0.4) is 0 Å². The van der Waals surface area contributed by atoms with Gasteiger partial charge in [-0.1, -0.05) is 0 Å². The van der Waals surface area contributed by atoms with Gasteiger partial charge in [0.1, 0.15) is 5.75 Å². The Morgan fingerprint density at radius 3 is 2.75 bits per heavy atom. The summed E-state index contributed by atoms with van der Waals surface area (Å²) in [7, 11) is 1.66. The summed E-state index contributed by atoms with van der Waals surface area (Å²) in [6.07, 6.45) is 2.23. The maximum Gasteiger partial charge on any atom is 0.122 e. The number of hydrogen-bond donors (Lipinski definition) is 1. The summed E-state index contributed by atoms with van der Waals surface area (Å²) in [5.74, 6) is 0.828. The van der Waals surface area contributed by atoms with Crippen LogP contribution in [0.5, 0.6) is 5.75 Å². The number of thioether (sulfide) groups is 1. The van der Waals surface area contributed by atoms with Gasteiger partial charge in [0.05, 0.1) is 7.11 Å². The SMILES string of the molecule is COc1cc(N)cc(SC2CCOCC2)c1. The largest absolute Gasteiger partial charge is 0.497 e. The van der Waals surface area contributed by atoms with Crippen LogP contribution >= 0.6 is 11.8 Å². The van der Waals surface area contributed by atoms with Crippen LogP contribution in [0.1, 0.15) is 12.8 Å². The van der Waals surface area contributed by atoms with E-state index in [1.54, 1.807) is 7.11 Å². The third-order valence-electron chi connectivity index (χ3n) is 2.61. The molecule has 0 aliphatic carbocycles. The van der Waals surface area contributed by atoms with E-state index in [0.717, 1.165) is 37.5 Å². The fraction of sp³-hybridized carbons (Fsp3) is 0.500. The zero-order chi connectivity index (χ0) is 11.4. The van der Waals surface area contributed by atoms with Crippen molar-refractivity contribution in [3.63, 3.8) is 0 Å². The van der Waals surface area contributed by atoms with E-state index in [2.05, 4.69) is 0 Å². The van der Waals surface area contributed by atoms with Crippen LogP contribution in [0.4, 0.5) is 5.69 Å². The molecule has 1 heterocycles. The maximum atomic E-state index is 5.82. The normalized spacial score (nSPS) is 17.3. The molecule has 2 rings (SSSR count). The molecule has 88 valence electrons. The Morgan fingerprint density at radius 2 is 2.06 bits per heavy atom. The van der Waals surface area contributed by atoms with Gasteiger partial charge in [-0.25, -0.2) is 0 Å². The first-order valence-corrected chi connectivity index (χ1v) is 6.35. The third-order valence-corrected chi connectivity index (χ3v) is 3.92. The Kier molecular flexibility index (Phi) is 3.96. The van der Waals surface area contributed by atoms with Crippen LogP contribution in [0, 0.1) is 0 Å². The quantitative estimate of drug-likeness (QED) is 0.823. The van der Waals surface area contributed by atoms with Crippen molar-refractivity contribution in [3.05, 3.63) is 18.2 Å². The van der Waals surface area contributed by atoms with Crippen molar-refractivity contribution in [2.75, 3.05) is 26.1 Å². The van der Waals surface area contributed by atoms with E-state index in [4.69, 9.17) is 15.2 Å². The lowest BCUT2D eigenvalue weighted by atomic mass is 10.2. The minimum atomic E-state index is 0.639. The molecule has 1 aliphatic heterocycles. The first kappa shape index (κ1) is 11.6. The van der Waals surface area contributed by atoms with Gasteiger partial charge >= 0.3 is 0 Å². The summed E-state index contributed by atoms with van der Waals surface area (Å²) in [6.45, 7) is 1.74. The van der Waals surface area contributed by atoms with Crippen molar-refractivity contribution in [1.82, 2.24) is 0 Å². The number of ether oxygens (including phenoxy) is 2. The highest BCUT2D eigenvalue weighted by molar-refractivity contribution is 8.00. The van der Waals surface area contributed by atoms with Gasteiger partial charge in [0.25, 0.3) is 0 Å². The lowest BCUT2D eigenvalue weighted by molar-refractivity contribution is 0.100. The Morgan fingerprint density at radius 1 is 1.31 bits per heavy atom. The Labute approximate surface area is 100 Å². The molecule has 0 saturated carbocycles. The summed E-state index contributed by atoms with van der Waals surface area (Å²) in [5, 5.41) is 0.639. The smallest absolute Gasteiger partial charge is 0.122 e. The van der Waals surface area contributed by atoms with Crippen molar-refractivity contribution in [3.8, 4) is 5.75 Å². The van der Waals surface area contributed by atoms with Gasteiger partial charge in [0.2, 0.25) is 0 Å². The number of benzene rings is 1. The zero-order valence-corrected chi connectivity index (χ0v) is 10.3. The van der Waals surface area contributed by atoms with Crippen molar-refractivity contribution < 1.29 is 9.47 Å². The van der Waals surface area contributed by atoms with E-state index in [9.17, 15) is 0 Å². The molecule has 2 N–H and O–H groups in total. The average Bonchev–Trinajstić information content (AvgIpc) is 2.29. The molecular weight excluding hydrogens is 222 g/mol. The number of nitrogen functional groups attached to an aromatic ring is 1. The first-order valence-electron chi connectivity index (χ1n) is 5.47. The molecule has 0 bridgehead atoms. The average molecular weight is 239 g/mol. The molecule has 1 fully saturated rings. The first-order chi connectivity index (χ1) is 7.78. The number of rotatable bonds is 3. The molecule has 4 heteroatoms. The second kappa shape index (κ2) is 5.46. The molecule has 1 saturated heterocycles. The highest BCUT2D eigenvalue weighted by Crippen LogP contribution is 2.33. The molecule has 3 nitrogen and oxygen atoms in total. The van der Waals surface area contributed by atoms with Gasteiger partial charge < -0.3 is 15.2 Å². The maximum absolute atomic E-state index is 5.82. The molecule has 0 atom stereocenters. The van der Waals surface area contributed by atoms with Crippen molar-refractivity contribution in [2.45, 2.75) is 23.0 Å². The van der Waals surface area contributed by atoms with Crippen molar-refractivity contribution in [2.24, 2.45) is 0 Å². The van der Waals surface area contributed by atoms with Crippen LogP contribution in [0.25, 0.3) is 0 Å². The fourth-order valence-electron chi connectivity index (χ4n) is 1.77. The highest BCUT2D eigenvalue weighted by Gasteiger charge is 2.15. The molecule has 1 aliphatic rings. The minimum Gasteiger partial charge on any atom is -0.497 e. The molecule has 0 amide bonds. The molecule has 0 unspecified atom stereocenters. The summed E-state index contributed by atoms with van der Waals surface area (Å²) in [4.78, 5) is 1.18. The van der Waals surface area contributed by atoms with Gasteiger partial charge in [-0.3, -0.25) is 0 Å². The zero-order valence-electron chi connectivity index (χ0n) is 9.44. The standard InChI is InChI=1S/C12H17NO2S/c1-14-10-6-9(13)7-12(8-10)16-11-2-4-15-5-3-11/h6-8,11H,2-5,13H2,1H3. The second-order valence-electron chi connectivity index (χ2n) is 3.87. The summed E-state index contributed by atoms with van der Waals surface area (Å²) >= 11 is 1.87. The van der Waals surface area contributed by atoms with E-state index >= 15 is 0 Å². The monoisotopic (exact) mass is 239 g/mol. The van der Waals surface area contributed by atoms with Crippen LogP contribution in [0.2, 0.25) is 0 Å². The molecule has 0 radical (unpaired) electrons. The predicted molar refractivity (Wildman–Crippen MR) is 67.1 cm³/mol. The van der Waals surface area contributed by atoms with Gasteiger partial charge in [0, 0.05) is 35.1 Å². The minimum absolute atomic E-state index is 0.639. The summed E-state index contributed by atoms with van der Waals surface area (Å²) in [5.41, 5.74) is 6.58. The van der Waals surface area contributed by atoms with E-state index < -0.39 is 0 Å². The molecule has 16 heavy (non-hydrogen) atoms. The van der Waals surface area contributed by atoms with E-state index in [1.807, 2.05) is 30.0 Å². The predicted octanol–water partition coefficient (Wildman–Crippen LogP) is 2.55. The van der Waals surface area contributed by atoms with E-state index in [0.29, 0.717) is 5.25 Å².